The third kappa shape index (κ3) is 8.25. The maximum absolute atomic E-state index is 14.7. The average Bonchev–Trinajstić information content (AvgIpc) is 3.96. The van der Waals surface area contributed by atoms with E-state index in [0.717, 1.165) is 63.1 Å². The molecule has 4 atom stereocenters. The monoisotopic (exact) mass is 812 g/mol. The van der Waals surface area contributed by atoms with E-state index in [1.165, 1.54) is 27.1 Å². The van der Waals surface area contributed by atoms with Crippen molar-refractivity contribution >= 4 is 36.6 Å². The van der Waals surface area contributed by atoms with Crippen molar-refractivity contribution in [2.24, 2.45) is 17.8 Å². The van der Waals surface area contributed by atoms with Crippen LogP contribution in [0.2, 0.25) is 5.04 Å². The Labute approximate surface area is 351 Å². The van der Waals surface area contributed by atoms with Crippen molar-refractivity contribution in [1.29, 1.82) is 0 Å². The van der Waals surface area contributed by atoms with Gasteiger partial charge in [0.15, 0.2) is 0 Å². The number of piperidine rings is 1. The number of benzene rings is 3. The molecule has 4 heterocycles. The van der Waals surface area contributed by atoms with E-state index in [0.29, 0.717) is 25.4 Å². The van der Waals surface area contributed by atoms with Crippen LogP contribution in [-0.2, 0) is 31.9 Å². The van der Waals surface area contributed by atoms with Crippen molar-refractivity contribution in [3.8, 4) is 0 Å². The molecule has 2 amide bonds. The number of imide groups is 1. The molecule has 8 nitrogen and oxygen atoms in total. The standard InChI is InChI=1S/C50H60N2O6Si/c1-5-35(29-39-22-23-40(32-53)58-39)21-24-45-46-37(33-57-59(50(2,3)4,41-17-11-7-12-18-41)42-19-13-8-14-20-42)30-43-47(44(46)34-56-45)49(55)52(48(43)54)38-25-27-51(28-26-38)31-36-15-9-6-10-16-36/h6-20,22-23,29,38,43-45,47,53H,5,21,24-28,30-34H2,1-4H3/b35-29+/t43-,44+,45-,47-/m1/s1. The number of fused-ring (bicyclic) bond motifs is 3. The van der Waals surface area contributed by atoms with E-state index < -0.39 is 20.2 Å². The number of aliphatic hydroxyl groups is 1. The van der Waals surface area contributed by atoms with Crippen LogP contribution in [-0.4, -0.2) is 73.5 Å². The molecule has 59 heavy (non-hydrogen) atoms. The predicted molar refractivity (Wildman–Crippen MR) is 234 cm³/mol. The highest BCUT2D eigenvalue weighted by Gasteiger charge is 2.59. The number of allylic oxidation sites excluding steroid dienone is 1. The molecule has 0 saturated carbocycles. The maximum atomic E-state index is 14.7. The molecule has 3 saturated heterocycles. The van der Waals surface area contributed by atoms with Crippen molar-refractivity contribution in [2.45, 2.75) is 96.6 Å². The van der Waals surface area contributed by atoms with Gasteiger partial charge in [-0.15, -0.1) is 0 Å². The lowest BCUT2D eigenvalue weighted by molar-refractivity contribution is -0.144. The molecule has 8 rings (SSSR count). The second-order valence-corrected chi connectivity index (χ2v) is 22.3. The van der Waals surface area contributed by atoms with Gasteiger partial charge < -0.3 is 18.7 Å². The van der Waals surface area contributed by atoms with Gasteiger partial charge in [0.1, 0.15) is 18.1 Å². The summed E-state index contributed by atoms with van der Waals surface area (Å²) in [7, 11) is -2.90. The fraction of sp³-hybridized carbons (Fsp3) is 0.440. The number of aliphatic hydroxyl groups excluding tert-OH is 1. The molecule has 3 aliphatic heterocycles. The Balaban J connectivity index is 1.10. The minimum Gasteiger partial charge on any atom is -0.459 e. The van der Waals surface area contributed by atoms with Gasteiger partial charge in [0.05, 0.1) is 31.2 Å². The van der Waals surface area contributed by atoms with E-state index in [1.807, 2.05) is 18.2 Å². The third-order valence-corrected chi connectivity index (χ3v) is 18.4. The zero-order chi connectivity index (χ0) is 41.1. The van der Waals surface area contributed by atoms with Crippen molar-refractivity contribution < 1.29 is 28.3 Å². The number of amides is 2. The van der Waals surface area contributed by atoms with Crippen molar-refractivity contribution in [1.82, 2.24) is 9.80 Å². The van der Waals surface area contributed by atoms with Gasteiger partial charge in [-0.3, -0.25) is 19.4 Å². The molecular weight excluding hydrogens is 753 g/mol. The van der Waals surface area contributed by atoms with Crippen LogP contribution in [0.3, 0.4) is 0 Å². The lowest BCUT2D eigenvalue weighted by Crippen LogP contribution is -2.66. The van der Waals surface area contributed by atoms with Gasteiger partial charge in [-0.1, -0.05) is 124 Å². The van der Waals surface area contributed by atoms with E-state index in [1.54, 1.807) is 4.90 Å². The summed E-state index contributed by atoms with van der Waals surface area (Å²) in [6.07, 6.45) is 6.39. The summed E-state index contributed by atoms with van der Waals surface area (Å²) in [4.78, 5) is 33.5. The lowest BCUT2D eigenvalue weighted by Gasteiger charge is -2.44. The molecule has 0 bridgehead atoms. The largest absolute Gasteiger partial charge is 0.459 e. The summed E-state index contributed by atoms with van der Waals surface area (Å²) in [6, 6.07) is 35.5. The summed E-state index contributed by atoms with van der Waals surface area (Å²) >= 11 is 0. The topological polar surface area (TPSA) is 92.4 Å². The van der Waals surface area contributed by atoms with Crippen LogP contribution in [0.1, 0.15) is 83.3 Å². The van der Waals surface area contributed by atoms with Gasteiger partial charge in [-0.05, 0) is 88.9 Å². The quantitative estimate of drug-likeness (QED) is 0.0787. The van der Waals surface area contributed by atoms with Crippen molar-refractivity contribution in [3.05, 3.63) is 137 Å². The Bertz CT molecular complexity index is 2090. The first-order valence-corrected chi connectivity index (χ1v) is 23.6. The summed E-state index contributed by atoms with van der Waals surface area (Å²) in [5.74, 6) is 0.269. The summed E-state index contributed by atoms with van der Waals surface area (Å²) < 4.78 is 20.1. The number of likely N-dealkylation sites (tertiary alicyclic amines) is 2. The SMILES string of the molecule is CC/C(=C\c1ccc(CO)o1)CC[C@H]1OC[C@H]2C1=C(CO[Si](c1ccccc1)(c1ccccc1)C(C)(C)C)C[C@H]1C(=O)N(C3CCN(Cc4ccccc4)CC3)C(=O)[C@H]12. The normalized spacial score (nSPS) is 23.3. The second kappa shape index (κ2) is 17.7. The van der Waals surface area contributed by atoms with Gasteiger partial charge >= 0.3 is 0 Å². The molecule has 9 heteroatoms. The molecule has 1 aromatic heterocycles. The first-order valence-electron chi connectivity index (χ1n) is 21.7. The number of rotatable bonds is 14. The van der Waals surface area contributed by atoms with Crippen molar-refractivity contribution in [2.75, 3.05) is 26.3 Å². The highest BCUT2D eigenvalue weighted by Crippen LogP contribution is 2.51. The molecule has 0 spiro atoms. The Morgan fingerprint density at radius 3 is 2.10 bits per heavy atom. The number of hydrogen-bond donors (Lipinski definition) is 1. The smallest absolute Gasteiger partial charge is 0.261 e. The number of furan rings is 1. The first kappa shape index (κ1) is 41.4. The molecule has 4 aliphatic rings. The van der Waals surface area contributed by atoms with Crippen LogP contribution in [0.15, 0.2) is 124 Å². The number of carbonyl (C=O) groups excluding carboxylic acids is 2. The van der Waals surface area contributed by atoms with Crippen LogP contribution in [0.5, 0.6) is 0 Å². The highest BCUT2D eigenvalue weighted by atomic mass is 28.4. The zero-order valence-electron chi connectivity index (χ0n) is 35.1. The van der Waals surface area contributed by atoms with Crippen LogP contribution in [0, 0.1) is 17.8 Å². The molecule has 3 fully saturated rings. The number of ether oxygens (including phenoxy) is 1. The summed E-state index contributed by atoms with van der Waals surface area (Å²) in [5, 5.41) is 11.8. The second-order valence-electron chi connectivity index (χ2n) is 18.0. The van der Waals surface area contributed by atoms with Gasteiger partial charge in [-0.25, -0.2) is 0 Å². The van der Waals surface area contributed by atoms with Gasteiger partial charge in [0.2, 0.25) is 11.8 Å². The predicted octanol–water partition coefficient (Wildman–Crippen LogP) is 7.90. The number of hydrogen-bond acceptors (Lipinski definition) is 7. The number of nitrogens with zero attached hydrogens (tertiary/aromatic N) is 2. The van der Waals surface area contributed by atoms with E-state index in [2.05, 4.69) is 124 Å². The number of carbonyl (C=O) groups is 2. The Morgan fingerprint density at radius 2 is 1.51 bits per heavy atom. The molecular formula is C50H60N2O6Si. The van der Waals surface area contributed by atoms with E-state index >= 15 is 0 Å². The Kier molecular flexibility index (Phi) is 12.4. The molecule has 310 valence electrons. The fourth-order valence-electron chi connectivity index (χ4n) is 10.5. The van der Waals surface area contributed by atoms with Gasteiger partial charge in [-0.2, -0.15) is 0 Å². The van der Waals surface area contributed by atoms with E-state index in [4.69, 9.17) is 13.6 Å². The summed E-state index contributed by atoms with van der Waals surface area (Å²) in [5.41, 5.74) is 4.83. The molecule has 1 N–H and O–H groups in total. The molecule has 3 aromatic carbocycles. The van der Waals surface area contributed by atoms with E-state index in [9.17, 15) is 14.7 Å². The Morgan fingerprint density at radius 1 is 0.864 bits per heavy atom. The van der Waals surface area contributed by atoms with Gasteiger partial charge in [0.25, 0.3) is 8.32 Å². The third-order valence-electron chi connectivity index (χ3n) is 13.5. The minimum atomic E-state index is -2.90. The van der Waals surface area contributed by atoms with E-state index in [-0.39, 0.29) is 41.5 Å². The van der Waals surface area contributed by atoms with Crippen LogP contribution in [0.25, 0.3) is 6.08 Å². The zero-order valence-corrected chi connectivity index (χ0v) is 36.1. The van der Waals surface area contributed by atoms with Crippen LogP contribution < -0.4 is 10.4 Å². The molecule has 0 radical (unpaired) electrons. The average molecular weight is 813 g/mol. The van der Waals surface area contributed by atoms with Crippen molar-refractivity contribution in [3.63, 3.8) is 0 Å². The highest BCUT2D eigenvalue weighted by molar-refractivity contribution is 6.99. The lowest BCUT2D eigenvalue weighted by atomic mass is 9.69. The Hall–Kier alpha value is -4.38. The molecule has 1 aliphatic carbocycles. The summed E-state index contributed by atoms with van der Waals surface area (Å²) in [6.45, 7) is 12.3. The molecule has 4 aromatic rings. The van der Waals surface area contributed by atoms with Gasteiger partial charge in [0, 0.05) is 31.6 Å². The maximum Gasteiger partial charge on any atom is 0.261 e. The first-order chi connectivity index (χ1) is 28.6. The fourth-order valence-corrected chi connectivity index (χ4v) is 15.1. The van der Waals surface area contributed by atoms with Crippen LogP contribution in [0.4, 0.5) is 0 Å². The minimum absolute atomic E-state index is 0.00754. The van der Waals surface area contributed by atoms with Crippen LogP contribution >= 0.6 is 0 Å². The molecule has 0 unspecified atom stereocenters.